The maximum absolute atomic E-state index is 12.5. The second-order valence-corrected chi connectivity index (χ2v) is 9.47. The lowest BCUT2D eigenvalue weighted by Gasteiger charge is -2.28. The summed E-state index contributed by atoms with van der Waals surface area (Å²) in [5, 5.41) is 13.3. The van der Waals surface area contributed by atoms with Crippen molar-refractivity contribution in [2.24, 2.45) is 17.8 Å². The van der Waals surface area contributed by atoms with Crippen LogP contribution < -0.4 is 10.9 Å². The highest BCUT2D eigenvalue weighted by Crippen LogP contribution is 2.49. The van der Waals surface area contributed by atoms with Gasteiger partial charge in [-0.3, -0.25) is 14.2 Å². The quantitative estimate of drug-likeness (QED) is 0.575. The molecule has 148 valence electrons. The summed E-state index contributed by atoms with van der Waals surface area (Å²) in [5.74, 6) is 2.17. The normalized spacial score (nSPS) is 28.6. The summed E-state index contributed by atoms with van der Waals surface area (Å²) in [6.45, 7) is 2.12. The van der Waals surface area contributed by atoms with E-state index in [2.05, 4.69) is 17.2 Å². The van der Waals surface area contributed by atoms with Gasteiger partial charge in [0.15, 0.2) is 5.16 Å². The summed E-state index contributed by atoms with van der Waals surface area (Å²) in [5.41, 5.74) is -0.229. The largest absolute Gasteiger partial charge is 0.493 e. The molecule has 3 saturated carbocycles. The highest BCUT2D eigenvalue weighted by atomic mass is 32.2. The average Bonchev–Trinajstić information content (AvgIpc) is 3.37. The summed E-state index contributed by atoms with van der Waals surface area (Å²) in [6.07, 6.45) is 9.36. The van der Waals surface area contributed by atoms with Crippen LogP contribution >= 0.6 is 11.8 Å². The van der Waals surface area contributed by atoms with Crippen molar-refractivity contribution in [1.82, 2.24) is 14.9 Å². The summed E-state index contributed by atoms with van der Waals surface area (Å²) in [4.78, 5) is 29.0. The third-order valence-electron chi connectivity index (χ3n) is 6.75. The molecule has 0 aromatic carbocycles. The molecule has 0 radical (unpaired) electrons. The summed E-state index contributed by atoms with van der Waals surface area (Å²) in [7, 11) is 0. The highest BCUT2D eigenvalue weighted by Gasteiger charge is 2.42. The number of aromatic nitrogens is 2. The Bertz CT molecular complexity index is 759. The molecule has 3 aliphatic carbocycles. The number of carbonyl (C=O) groups excluding carboxylic acids is 1. The SMILES string of the molecule is C[C@H](NC(=O)CSc1nc(O)cc(=O)n1C1CCCC1)[C@H]1C[C@H]2CC[C@H]1C2. The van der Waals surface area contributed by atoms with Gasteiger partial charge in [-0.25, -0.2) is 0 Å². The van der Waals surface area contributed by atoms with Gasteiger partial charge in [-0.1, -0.05) is 31.0 Å². The van der Waals surface area contributed by atoms with Crippen LogP contribution in [0.25, 0.3) is 0 Å². The Labute approximate surface area is 164 Å². The first-order chi connectivity index (χ1) is 13.0. The van der Waals surface area contributed by atoms with Crippen LogP contribution in [0.4, 0.5) is 0 Å². The van der Waals surface area contributed by atoms with Crippen molar-refractivity contribution in [3.63, 3.8) is 0 Å². The first-order valence-corrected chi connectivity index (χ1v) is 11.2. The van der Waals surface area contributed by atoms with Crippen LogP contribution in [-0.2, 0) is 4.79 Å². The summed E-state index contributed by atoms with van der Waals surface area (Å²) < 4.78 is 1.67. The third kappa shape index (κ3) is 4.03. The van der Waals surface area contributed by atoms with Crippen molar-refractivity contribution in [1.29, 1.82) is 0 Å². The zero-order valence-corrected chi connectivity index (χ0v) is 16.7. The molecule has 3 aliphatic rings. The third-order valence-corrected chi connectivity index (χ3v) is 7.70. The topological polar surface area (TPSA) is 84.2 Å². The van der Waals surface area contributed by atoms with Crippen LogP contribution in [0.3, 0.4) is 0 Å². The minimum Gasteiger partial charge on any atom is -0.493 e. The highest BCUT2D eigenvalue weighted by molar-refractivity contribution is 7.99. The van der Waals surface area contributed by atoms with Crippen LogP contribution in [0.1, 0.15) is 64.3 Å². The molecule has 0 aliphatic heterocycles. The van der Waals surface area contributed by atoms with E-state index in [1.165, 1.54) is 43.5 Å². The van der Waals surface area contributed by atoms with E-state index in [9.17, 15) is 14.7 Å². The van der Waals surface area contributed by atoms with E-state index in [1.807, 2.05) is 0 Å². The van der Waals surface area contributed by atoms with Crippen LogP contribution in [0.15, 0.2) is 16.0 Å². The van der Waals surface area contributed by atoms with Crippen LogP contribution in [0.2, 0.25) is 0 Å². The fraction of sp³-hybridized carbons (Fsp3) is 0.750. The lowest BCUT2D eigenvalue weighted by Crippen LogP contribution is -2.41. The van der Waals surface area contributed by atoms with Crippen molar-refractivity contribution < 1.29 is 9.90 Å². The first kappa shape index (κ1) is 18.8. The molecule has 0 spiro atoms. The van der Waals surface area contributed by atoms with Crippen molar-refractivity contribution in [3.05, 3.63) is 16.4 Å². The number of nitrogens with zero attached hydrogens (tertiary/aromatic N) is 2. The number of thioether (sulfide) groups is 1. The van der Waals surface area contributed by atoms with Crippen molar-refractivity contribution in [2.45, 2.75) is 75.5 Å². The molecule has 6 nitrogen and oxygen atoms in total. The molecule has 1 aromatic heterocycles. The number of aromatic hydroxyl groups is 1. The Balaban J connectivity index is 1.38. The van der Waals surface area contributed by atoms with E-state index in [0.29, 0.717) is 11.1 Å². The van der Waals surface area contributed by atoms with Gasteiger partial charge in [0.1, 0.15) is 0 Å². The van der Waals surface area contributed by atoms with Crippen LogP contribution in [0.5, 0.6) is 5.88 Å². The smallest absolute Gasteiger partial charge is 0.258 e. The number of carbonyl (C=O) groups is 1. The van der Waals surface area contributed by atoms with Gasteiger partial charge < -0.3 is 10.4 Å². The fourth-order valence-corrected chi connectivity index (χ4v) is 6.38. The van der Waals surface area contributed by atoms with Crippen molar-refractivity contribution in [3.8, 4) is 5.88 Å². The monoisotopic (exact) mass is 391 g/mol. The zero-order chi connectivity index (χ0) is 19.0. The van der Waals surface area contributed by atoms with Gasteiger partial charge in [0.2, 0.25) is 11.8 Å². The van der Waals surface area contributed by atoms with Gasteiger partial charge in [-0.05, 0) is 56.8 Å². The Morgan fingerprint density at radius 3 is 2.78 bits per heavy atom. The van der Waals surface area contributed by atoms with E-state index in [-0.39, 0.29) is 35.2 Å². The van der Waals surface area contributed by atoms with E-state index < -0.39 is 0 Å². The number of rotatable bonds is 6. The predicted octanol–water partition coefficient (Wildman–Crippen LogP) is 3.10. The molecule has 0 saturated heterocycles. The van der Waals surface area contributed by atoms with E-state index in [0.717, 1.165) is 37.5 Å². The molecule has 4 rings (SSSR count). The first-order valence-electron chi connectivity index (χ1n) is 10.3. The Hall–Kier alpha value is -1.50. The fourth-order valence-electron chi connectivity index (χ4n) is 5.50. The maximum atomic E-state index is 12.5. The molecule has 2 N–H and O–H groups in total. The number of fused-ring (bicyclic) bond motifs is 2. The summed E-state index contributed by atoms with van der Waals surface area (Å²) in [6, 6.07) is 1.49. The molecule has 1 aromatic rings. The second kappa shape index (κ2) is 7.86. The number of amides is 1. The molecule has 3 fully saturated rings. The number of hydrogen-bond donors (Lipinski definition) is 2. The van der Waals surface area contributed by atoms with Gasteiger partial charge in [0.05, 0.1) is 11.8 Å². The molecular weight excluding hydrogens is 362 g/mol. The molecule has 27 heavy (non-hydrogen) atoms. The van der Waals surface area contributed by atoms with Gasteiger partial charge in [-0.2, -0.15) is 4.98 Å². The van der Waals surface area contributed by atoms with E-state index in [1.54, 1.807) is 4.57 Å². The maximum Gasteiger partial charge on any atom is 0.258 e. The molecule has 1 heterocycles. The van der Waals surface area contributed by atoms with E-state index >= 15 is 0 Å². The van der Waals surface area contributed by atoms with Crippen LogP contribution in [0, 0.1) is 17.8 Å². The zero-order valence-electron chi connectivity index (χ0n) is 15.9. The molecule has 4 atom stereocenters. The Morgan fingerprint density at radius 1 is 1.33 bits per heavy atom. The second-order valence-electron chi connectivity index (χ2n) is 8.53. The molecule has 7 heteroatoms. The number of hydrogen-bond acceptors (Lipinski definition) is 5. The van der Waals surface area contributed by atoms with Gasteiger partial charge in [0, 0.05) is 12.1 Å². The molecule has 1 amide bonds. The number of nitrogens with one attached hydrogen (secondary N) is 1. The van der Waals surface area contributed by atoms with Crippen LogP contribution in [-0.4, -0.2) is 32.4 Å². The van der Waals surface area contributed by atoms with Gasteiger partial charge in [0.25, 0.3) is 5.56 Å². The lowest BCUT2D eigenvalue weighted by molar-refractivity contribution is -0.119. The standard InChI is InChI=1S/C20H29N3O3S/c1-12(16-9-13-6-7-14(16)8-13)21-18(25)11-27-20-22-17(24)10-19(26)23(20)15-4-2-3-5-15/h10,12-16,24H,2-9,11H2,1H3,(H,21,25)/t12-,13-,14-,16+/m0/s1. The predicted molar refractivity (Wildman–Crippen MR) is 105 cm³/mol. The molecule has 0 unspecified atom stereocenters. The van der Waals surface area contributed by atoms with Gasteiger partial charge in [-0.15, -0.1) is 0 Å². The lowest BCUT2D eigenvalue weighted by atomic mass is 9.84. The van der Waals surface area contributed by atoms with Crippen molar-refractivity contribution >= 4 is 17.7 Å². The van der Waals surface area contributed by atoms with E-state index in [4.69, 9.17) is 0 Å². The Kier molecular flexibility index (Phi) is 5.48. The molecule has 2 bridgehead atoms. The Morgan fingerprint density at radius 2 is 2.11 bits per heavy atom. The molecular formula is C20H29N3O3S. The minimum absolute atomic E-state index is 0.0224. The minimum atomic E-state index is -0.271. The summed E-state index contributed by atoms with van der Waals surface area (Å²) >= 11 is 1.25. The van der Waals surface area contributed by atoms with Crippen molar-refractivity contribution in [2.75, 3.05) is 5.75 Å². The van der Waals surface area contributed by atoms with Gasteiger partial charge >= 0.3 is 0 Å². The average molecular weight is 392 g/mol.